The third kappa shape index (κ3) is 6.55. The average molecular weight is 403 g/mol. The number of hydrogen-bond acceptors (Lipinski definition) is 4. The summed E-state index contributed by atoms with van der Waals surface area (Å²) in [5, 5.41) is 0. The first kappa shape index (κ1) is 22.3. The monoisotopic (exact) mass is 402 g/mol. The largest absolute Gasteiger partial charge is 0.456 e. The van der Waals surface area contributed by atoms with E-state index in [0.717, 1.165) is 6.42 Å². The standard InChI is InChI=1S/C25H38O4/c1-20(13-9-6-4-5-7-10-14-21-15-11-8-12-16-21)18-24(2)19-25(3)22(28-29-24)17-23(26)27-25/h8,11-12,15-16,20,22H,4-7,9-10,13-14,17-19H2,1-3H3. The van der Waals surface area contributed by atoms with Crippen LogP contribution in [-0.2, 0) is 25.7 Å². The number of carbonyl (C=O) groups excluding carboxylic acids is 1. The quantitative estimate of drug-likeness (QED) is 0.252. The zero-order chi connectivity index (χ0) is 20.7. The van der Waals surface area contributed by atoms with Gasteiger partial charge in [0.25, 0.3) is 0 Å². The predicted molar refractivity (Wildman–Crippen MR) is 114 cm³/mol. The molecule has 0 radical (unpaired) electrons. The van der Waals surface area contributed by atoms with Crippen LogP contribution >= 0.6 is 0 Å². The first-order chi connectivity index (χ1) is 13.9. The van der Waals surface area contributed by atoms with E-state index in [-0.39, 0.29) is 17.7 Å². The van der Waals surface area contributed by atoms with Gasteiger partial charge in [-0.2, -0.15) is 0 Å². The highest BCUT2D eigenvalue weighted by molar-refractivity contribution is 5.73. The Hall–Kier alpha value is -1.39. The third-order valence-corrected chi connectivity index (χ3v) is 6.51. The summed E-state index contributed by atoms with van der Waals surface area (Å²) in [5.41, 5.74) is 0.535. The highest BCUT2D eigenvalue weighted by Crippen LogP contribution is 2.44. The van der Waals surface area contributed by atoms with Gasteiger partial charge < -0.3 is 4.74 Å². The minimum atomic E-state index is -0.538. The molecule has 162 valence electrons. The van der Waals surface area contributed by atoms with Crippen LogP contribution in [0.3, 0.4) is 0 Å². The number of benzene rings is 1. The van der Waals surface area contributed by atoms with Gasteiger partial charge >= 0.3 is 5.97 Å². The molecule has 0 N–H and O–H groups in total. The molecular formula is C25H38O4. The second kappa shape index (κ2) is 10.1. The maximum atomic E-state index is 11.6. The first-order valence-electron chi connectivity index (χ1n) is 11.5. The molecule has 1 aromatic rings. The molecule has 4 nitrogen and oxygen atoms in total. The molecule has 4 unspecified atom stereocenters. The molecule has 2 aliphatic heterocycles. The fraction of sp³-hybridized carbons (Fsp3) is 0.720. The molecule has 2 saturated heterocycles. The molecule has 4 heteroatoms. The van der Waals surface area contributed by atoms with Crippen molar-refractivity contribution in [1.29, 1.82) is 0 Å². The van der Waals surface area contributed by atoms with Gasteiger partial charge in [-0.3, -0.25) is 4.79 Å². The van der Waals surface area contributed by atoms with E-state index in [4.69, 9.17) is 14.5 Å². The van der Waals surface area contributed by atoms with Gasteiger partial charge in [0.15, 0.2) is 0 Å². The van der Waals surface area contributed by atoms with Crippen LogP contribution in [0, 0.1) is 5.92 Å². The van der Waals surface area contributed by atoms with Crippen LogP contribution in [0.1, 0.15) is 90.5 Å². The Morgan fingerprint density at radius 1 is 1.03 bits per heavy atom. The fourth-order valence-corrected chi connectivity index (χ4v) is 5.09. The Morgan fingerprint density at radius 3 is 2.48 bits per heavy atom. The fourth-order valence-electron chi connectivity index (χ4n) is 5.09. The molecule has 2 heterocycles. The van der Waals surface area contributed by atoms with E-state index in [9.17, 15) is 4.79 Å². The van der Waals surface area contributed by atoms with Crippen molar-refractivity contribution in [3.8, 4) is 0 Å². The van der Waals surface area contributed by atoms with Gasteiger partial charge in [0, 0.05) is 6.42 Å². The van der Waals surface area contributed by atoms with E-state index in [2.05, 4.69) is 44.2 Å². The van der Waals surface area contributed by atoms with Gasteiger partial charge in [-0.05, 0) is 44.6 Å². The SMILES string of the molecule is CC(CCCCCCCCc1ccccc1)CC1(C)CC2(C)OC(=O)CC2OO1. The molecule has 2 fully saturated rings. The van der Waals surface area contributed by atoms with Crippen molar-refractivity contribution in [2.45, 2.75) is 109 Å². The van der Waals surface area contributed by atoms with E-state index < -0.39 is 5.60 Å². The highest BCUT2D eigenvalue weighted by Gasteiger charge is 2.55. The summed E-state index contributed by atoms with van der Waals surface area (Å²) in [5.74, 6) is 0.390. The molecule has 4 atom stereocenters. The average Bonchev–Trinajstić information content (AvgIpc) is 2.96. The Balaban J connectivity index is 1.25. The zero-order valence-corrected chi connectivity index (χ0v) is 18.5. The predicted octanol–water partition coefficient (Wildman–Crippen LogP) is 6.17. The summed E-state index contributed by atoms with van der Waals surface area (Å²) in [7, 11) is 0. The van der Waals surface area contributed by atoms with Crippen LogP contribution in [-0.4, -0.2) is 23.3 Å². The number of ether oxygens (including phenoxy) is 1. The zero-order valence-electron chi connectivity index (χ0n) is 18.5. The van der Waals surface area contributed by atoms with E-state index in [1.165, 1.54) is 56.9 Å². The number of hydrogen-bond donors (Lipinski definition) is 0. The van der Waals surface area contributed by atoms with Gasteiger partial charge in [-0.15, -0.1) is 0 Å². The molecule has 0 aromatic heterocycles. The molecule has 3 rings (SSSR count). The van der Waals surface area contributed by atoms with Gasteiger partial charge in [0.1, 0.15) is 17.3 Å². The second-order valence-electron chi connectivity index (χ2n) is 9.74. The molecular weight excluding hydrogens is 364 g/mol. The van der Waals surface area contributed by atoms with Crippen LogP contribution < -0.4 is 0 Å². The van der Waals surface area contributed by atoms with Crippen LogP contribution in [0.25, 0.3) is 0 Å². The number of rotatable bonds is 11. The summed E-state index contributed by atoms with van der Waals surface area (Å²) >= 11 is 0. The lowest BCUT2D eigenvalue weighted by molar-refractivity contribution is -0.429. The molecule has 0 spiro atoms. The lowest BCUT2D eigenvalue weighted by atomic mass is 9.79. The first-order valence-corrected chi connectivity index (χ1v) is 11.5. The molecule has 29 heavy (non-hydrogen) atoms. The van der Waals surface area contributed by atoms with Crippen molar-refractivity contribution < 1.29 is 19.3 Å². The topological polar surface area (TPSA) is 44.8 Å². The lowest BCUT2D eigenvalue weighted by Crippen LogP contribution is -2.52. The van der Waals surface area contributed by atoms with Crippen molar-refractivity contribution >= 4 is 5.97 Å². The van der Waals surface area contributed by atoms with Gasteiger partial charge in [-0.25, -0.2) is 9.78 Å². The second-order valence-corrected chi connectivity index (χ2v) is 9.74. The summed E-state index contributed by atoms with van der Waals surface area (Å²) in [6, 6.07) is 10.8. The smallest absolute Gasteiger partial charge is 0.309 e. The highest BCUT2D eigenvalue weighted by atomic mass is 17.2. The molecule has 0 saturated carbocycles. The molecule has 0 bridgehead atoms. The molecule has 2 aliphatic rings. The summed E-state index contributed by atoms with van der Waals surface area (Å²) < 4.78 is 5.56. The Labute approximate surface area is 176 Å². The van der Waals surface area contributed by atoms with Crippen molar-refractivity contribution in [3.05, 3.63) is 35.9 Å². The number of esters is 1. The van der Waals surface area contributed by atoms with Gasteiger partial charge in [0.2, 0.25) is 0 Å². The maximum absolute atomic E-state index is 11.6. The van der Waals surface area contributed by atoms with E-state index in [0.29, 0.717) is 18.8 Å². The lowest BCUT2D eigenvalue weighted by Gasteiger charge is -2.44. The minimum absolute atomic E-state index is 0.179. The summed E-state index contributed by atoms with van der Waals surface area (Å²) in [6.45, 7) is 6.36. The van der Waals surface area contributed by atoms with Crippen molar-refractivity contribution in [2.75, 3.05) is 0 Å². The summed E-state index contributed by atoms with van der Waals surface area (Å²) in [4.78, 5) is 22.9. The normalized spacial score (nSPS) is 30.0. The van der Waals surface area contributed by atoms with Crippen LogP contribution in [0.15, 0.2) is 30.3 Å². The maximum Gasteiger partial charge on any atom is 0.309 e. The van der Waals surface area contributed by atoms with E-state index >= 15 is 0 Å². The van der Waals surface area contributed by atoms with Crippen molar-refractivity contribution in [1.82, 2.24) is 0 Å². The van der Waals surface area contributed by atoms with Gasteiger partial charge in [0.05, 0.1) is 6.42 Å². The Bertz CT molecular complexity index is 645. The third-order valence-electron chi connectivity index (χ3n) is 6.51. The Kier molecular flexibility index (Phi) is 7.75. The Morgan fingerprint density at radius 2 is 1.72 bits per heavy atom. The van der Waals surface area contributed by atoms with Gasteiger partial charge in [-0.1, -0.05) is 75.8 Å². The molecule has 0 amide bonds. The number of unbranched alkanes of at least 4 members (excludes halogenated alkanes) is 5. The number of aryl methyl sites for hydroxylation is 1. The molecule has 1 aromatic carbocycles. The van der Waals surface area contributed by atoms with Crippen LogP contribution in [0.4, 0.5) is 0 Å². The van der Waals surface area contributed by atoms with E-state index in [1.54, 1.807) is 0 Å². The number of fused-ring (bicyclic) bond motifs is 1. The minimum Gasteiger partial charge on any atom is -0.456 e. The number of carbonyl (C=O) groups is 1. The molecule has 0 aliphatic carbocycles. The van der Waals surface area contributed by atoms with Crippen molar-refractivity contribution in [2.24, 2.45) is 5.92 Å². The van der Waals surface area contributed by atoms with E-state index in [1.807, 2.05) is 6.92 Å². The van der Waals surface area contributed by atoms with Crippen LogP contribution in [0.2, 0.25) is 0 Å². The van der Waals surface area contributed by atoms with Crippen LogP contribution in [0.5, 0.6) is 0 Å². The summed E-state index contributed by atoms with van der Waals surface area (Å²) in [6.07, 6.45) is 11.9. The van der Waals surface area contributed by atoms with Crippen molar-refractivity contribution in [3.63, 3.8) is 0 Å².